The van der Waals surface area contributed by atoms with Gasteiger partial charge in [0, 0.05) is 5.69 Å². The van der Waals surface area contributed by atoms with Gasteiger partial charge in [-0.1, -0.05) is 72.3 Å². The minimum atomic E-state index is 0.467. The van der Waals surface area contributed by atoms with Gasteiger partial charge in [-0.05, 0) is 54.9 Å². The van der Waals surface area contributed by atoms with E-state index in [1.165, 1.54) is 16.7 Å². The molecule has 3 rings (SSSR count). The van der Waals surface area contributed by atoms with Gasteiger partial charge in [0.2, 0.25) is 0 Å². The second kappa shape index (κ2) is 8.41. The van der Waals surface area contributed by atoms with E-state index < -0.39 is 0 Å². The van der Waals surface area contributed by atoms with Gasteiger partial charge in [0.1, 0.15) is 0 Å². The van der Waals surface area contributed by atoms with Gasteiger partial charge in [-0.2, -0.15) is 5.10 Å². The minimum Gasteiger partial charge on any atom is -0.331 e. The van der Waals surface area contributed by atoms with Crippen LogP contribution in [0.1, 0.15) is 18.1 Å². The molecule has 0 fully saturated rings. The molecular formula is C22H21N3S. The highest BCUT2D eigenvalue weighted by Crippen LogP contribution is 2.19. The molecule has 0 heterocycles. The number of nitrogens with one attached hydrogen (secondary N) is 2. The zero-order chi connectivity index (χ0) is 18.4. The van der Waals surface area contributed by atoms with Crippen molar-refractivity contribution >= 4 is 28.7 Å². The molecule has 0 aromatic heterocycles. The van der Waals surface area contributed by atoms with Crippen molar-refractivity contribution in [1.29, 1.82) is 0 Å². The van der Waals surface area contributed by atoms with E-state index in [1.807, 2.05) is 49.4 Å². The molecule has 3 aromatic carbocycles. The molecule has 0 radical (unpaired) electrons. The second-order valence-corrected chi connectivity index (χ2v) is 6.48. The van der Waals surface area contributed by atoms with E-state index in [0.717, 1.165) is 17.0 Å². The zero-order valence-electron chi connectivity index (χ0n) is 14.9. The van der Waals surface area contributed by atoms with Crippen LogP contribution < -0.4 is 10.7 Å². The first kappa shape index (κ1) is 17.8. The summed E-state index contributed by atoms with van der Waals surface area (Å²) in [6.45, 7) is 4.01. The van der Waals surface area contributed by atoms with Gasteiger partial charge in [-0.15, -0.1) is 0 Å². The number of benzene rings is 3. The second-order valence-electron chi connectivity index (χ2n) is 6.07. The molecule has 26 heavy (non-hydrogen) atoms. The molecule has 0 aliphatic carbocycles. The average Bonchev–Trinajstić information content (AvgIpc) is 2.69. The molecule has 3 aromatic rings. The third-order valence-electron chi connectivity index (χ3n) is 4.04. The Morgan fingerprint density at radius 1 is 0.808 bits per heavy atom. The maximum atomic E-state index is 5.29. The Morgan fingerprint density at radius 2 is 1.42 bits per heavy atom. The smallest absolute Gasteiger partial charge is 0.191 e. The molecule has 0 unspecified atom stereocenters. The lowest BCUT2D eigenvalue weighted by atomic mass is 10.0. The molecule has 4 heteroatoms. The Morgan fingerprint density at radius 3 is 2.08 bits per heavy atom. The fourth-order valence-electron chi connectivity index (χ4n) is 2.53. The van der Waals surface area contributed by atoms with Crippen molar-refractivity contribution in [2.45, 2.75) is 13.8 Å². The molecule has 0 saturated heterocycles. The molecule has 130 valence electrons. The van der Waals surface area contributed by atoms with Crippen LogP contribution in [0.25, 0.3) is 11.1 Å². The highest BCUT2D eigenvalue weighted by atomic mass is 32.1. The van der Waals surface area contributed by atoms with Crippen molar-refractivity contribution in [3.05, 3.63) is 90.0 Å². The SMILES string of the molecule is C/C(=N\NC(=S)Nc1ccc(C)cc1)c1ccc(-c2ccccc2)cc1. The molecule has 0 aliphatic rings. The number of hydrogen-bond acceptors (Lipinski definition) is 2. The largest absolute Gasteiger partial charge is 0.331 e. The van der Waals surface area contributed by atoms with Gasteiger partial charge in [-0.25, -0.2) is 0 Å². The summed E-state index contributed by atoms with van der Waals surface area (Å²) in [6, 6.07) is 26.7. The Labute approximate surface area is 159 Å². The van der Waals surface area contributed by atoms with Gasteiger partial charge in [0.05, 0.1) is 5.71 Å². The zero-order valence-corrected chi connectivity index (χ0v) is 15.7. The van der Waals surface area contributed by atoms with Crippen molar-refractivity contribution in [1.82, 2.24) is 5.43 Å². The Bertz CT molecular complexity index is 898. The Balaban J connectivity index is 1.62. The molecule has 0 saturated carbocycles. The van der Waals surface area contributed by atoms with Crippen LogP contribution in [-0.4, -0.2) is 10.8 Å². The van der Waals surface area contributed by atoms with Crippen LogP contribution in [-0.2, 0) is 0 Å². The summed E-state index contributed by atoms with van der Waals surface area (Å²) in [5.41, 5.74) is 9.36. The summed E-state index contributed by atoms with van der Waals surface area (Å²) in [5.74, 6) is 0. The van der Waals surface area contributed by atoms with Crippen molar-refractivity contribution in [3.63, 3.8) is 0 Å². The van der Waals surface area contributed by atoms with Gasteiger partial charge in [-0.3, -0.25) is 5.43 Å². The summed E-state index contributed by atoms with van der Waals surface area (Å²) < 4.78 is 0. The number of hydrogen-bond donors (Lipinski definition) is 2. The fraction of sp³-hybridized carbons (Fsp3) is 0.0909. The monoisotopic (exact) mass is 359 g/mol. The maximum absolute atomic E-state index is 5.29. The summed E-state index contributed by atoms with van der Waals surface area (Å²) in [7, 11) is 0. The number of hydrazone groups is 1. The number of rotatable bonds is 4. The predicted molar refractivity (Wildman–Crippen MR) is 115 cm³/mol. The lowest BCUT2D eigenvalue weighted by Gasteiger charge is -2.09. The van der Waals surface area contributed by atoms with Crippen LogP contribution >= 0.6 is 12.2 Å². The van der Waals surface area contributed by atoms with E-state index >= 15 is 0 Å². The summed E-state index contributed by atoms with van der Waals surface area (Å²) >= 11 is 5.29. The van der Waals surface area contributed by atoms with E-state index in [2.05, 4.69) is 59.2 Å². The first-order valence-electron chi connectivity index (χ1n) is 8.45. The van der Waals surface area contributed by atoms with E-state index in [1.54, 1.807) is 0 Å². The number of aryl methyl sites for hydroxylation is 1. The third-order valence-corrected chi connectivity index (χ3v) is 4.24. The van der Waals surface area contributed by atoms with Crippen molar-refractivity contribution in [2.75, 3.05) is 5.32 Å². The first-order valence-corrected chi connectivity index (χ1v) is 8.86. The fourth-order valence-corrected chi connectivity index (χ4v) is 2.69. The molecule has 0 aliphatic heterocycles. The highest BCUT2D eigenvalue weighted by molar-refractivity contribution is 7.80. The number of thiocarbonyl (C=S) groups is 1. The van der Waals surface area contributed by atoms with Crippen LogP contribution in [0.3, 0.4) is 0 Å². The molecule has 2 N–H and O–H groups in total. The van der Waals surface area contributed by atoms with Gasteiger partial charge in [0.25, 0.3) is 0 Å². The highest BCUT2D eigenvalue weighted by Gasteiger charge is 2.01. The molecule has 0 spiro atoms. The van der Waals surface area contributed by atoms with E-state index in [4.69, 9.17) is 12.2 Å². The van der Waals surface area contributed by atoms with Crippen LogP contribution in [0.5, 0.6) is 0 Å². The predicted octanol–water partition coefficient (Wildman–Crippen LogP) is 5.37. The number of anilines is 1. The number of nitrogens with zero attached hydrogens (tertiary/aromatic N) is 1. The first-order chi connectivity index (χ1) is 12.6. The van der Waals surface area contributed by atoms with Gasteiger partial charge >= 0.3 is 0 Å². The van der Waals surface area contributed by atoms with Crippen LogP contribution in [0.4, 0.5) is 5.69 Å². The van der Waals surface area contributed by atoms with Crippen molar-refractivity contribution < 1.29 is 0 Å². The van der Waals surface area contributed by atoms with E-state index in [9.17, 15) is 0 Å². The van der Waals surface area contributed by atoms with E-state index in [-0.39, 0.29) is 0 Å². The van der Waals surface area contributed by atoms with Gasteiger partial charge < -0.3 is 5.32 Å². The molecule has 0 bridgehead atoms. The third kappa shape index (κ3) is 4.77. The summed E-state index contributed by atoms with van der Waals surface area (Å²) in [5, 5.41) is 7.96. The van der Waals surface area contributed by atoms with Gasteiger partial charge in [0.15, 0.2) is 5.11 Å². The lowest BCUT2D eigenvalue weighted by molar-refractivity contribution is 1.04. The van der Waals surface area contributed by atoms with Crippen LogP contribution in [0.15, 0.2) is 84.0 Å². The van der Waals surface area contributed by atoms with Crippen LogP contribution in [0.2, 0.25) is 0 Å². The van der Waals surface area contributed by atoms with Crippen molar-refractivity contribution in [3.8, 4) is 11.1 Å². The summed E-state index contributed by atoms with van der Waals surface area (Å²) in [6.07, 6.45) is 0. The molecule has 0 amide bonds. The quantitative estimate of drug-likeness (QED) is 0.373. The normalized spacial score (nSPS) is 11.1. The standard InChI is InChI=1S/C22H21N3S/c1-16-8-14-21(15-9-16)23-22(26)25-24-17(2)18-10-12-20(13-11-18)19-6-4-3-5-7-19/h3-15H,1-2H3,(H2,23,25,26)/b24-17+. The average molecular weight is 359 g/mol. The maximum Gasteiger partial charge on any atom is 0.191 e. The van der Waals surface area contributed by atoms with E-state index in [0.29, 0.717) is 5.11 Å². The van der Waals surface area contributed by atoms with Crippen LogP contribution in [0, 0.1) is 6.92 Å². The molecule has 3 nitrogen and oxygen atoms in total. The summed E-state index contributed by atoms with van der Waals surface area (Å²) in [4.78, 5) is 0. The minimum absolute atomic E-state index is 0.467. The van der Waals surface area contributed by atoms with Crippen molar-refractivity contribution in [2.24, 2.45) is 5.10 Å². The molecular weight excluding hydrogens is 338 g/mol. The topological polar surface area (TPSA) is 36.4 Å². The Hall–Kier alpha value is -2.98. The molecule has 0 atom stereocenters. The Kier molecular flexibility index (Phi) is 5.77. The lowest BCUT2D eigenvalue weighted by Crippen LogP contribution is -2.24.